The number of hydrogen-bond donors (Lipinski definition) is 1. The van der Waals surface area contributed by atoms with E-state index in [1.54, 1.807) is 12.4 Å². The number of halogens is 3. The highest BCUT2D eigenvalue weighted by molar-refractivity contribution is 5.83. The number of anilines is 1. The minimum absolute atomic E-state index is 0. The van der Waals surface area contributed by atoms with Gasteiger partial charge < -0.3 is 5.32 Å². The van der Waals surface area contributed by atoms with Crippen LogP contribution < -0.4 is 5.32 Å². The Morgan fingerprint density at radius 1 is 1.27 bits per heavy atom. The summed E-state index contributed by atoms with van der Waals surface area (Å²) in [4.78, 5) is 12.5. The van der Waals surface area contributed by atoms with E-state index in [1.807, 2.05) is 6.08 Å². The lowest BCUT2D eigenvalue weighted by Crippen LogP contribution is -2.44. The molecule has 6 nitrogen and oxygen atoms in total. The van der Waals surface area contributed by atoms with Gasteiger partial charge in [0.15, 0.2) is 11.5 Å². The van der Waals surface area contributed by atoms with Crippen molar-refractivity contribution < 1.29 is 14.6 Å². The van der Waals surface area contributed by atoms with Crippen molar-refractivity contribution in [2.24, 2.45) is 0 Å². The van der Waals surface area contributed by atoms with Crippen molar-refractivity contribution in [3.05, 3.63) is 53.5 Å². The van der Waals surface area contributed by atoms with Gasteiger partial charge in [-0.2, -0.15) is 5.10 Å². The Kier molecular flexibility index (Phi) is 3.10. The number of aromatic nitrogens is 5. The van der Waals surface area contributed by atoms with Crippen LogP contribution in [0.15, 0.2) is 30.9 Å². The molecule has 0 unspecified atom stereocenters. The predicted molar refractivity (Wildman–Crippen MR) is 89.5 cm³/mol. The summed E-state index contributed by atoms with van der Waals surface area (Å²) in [6.07, 6.45) is 6.75. The Labute approximate surface area is 147 Å². The lowest BCUT2D eigenvalue weighted by atomic mass is 9.88. The molecule has 1 fully saturated rings. The van der Waals surface area contributed by atoms with Crippen LogP contribution in [0, 0.1) is 5.82 Å². The summed E-state index contributed by atoms with van der Waals surface area (Å²) in [5, 5.41) is 6.92. The first-order chi connectivity index (χ1) is 12.5. The SMILES string of the molecule is Fc1cc(C2=CCc3nc(NC4CC(F)(F)C4)ncc32)cn2ncnc12.[HH]. The molecule has 9 heteroatoms. The Morgan fingerprint density at radius 3 is 2.92 bits per heavy atom. The van der Waals surface area contributed by atoms with Crippen molar-refractivity contribution in [2.45, 2.75) is 31.2 Å². The van der Waals surface area contributed by atoms with Gasteiger partial charge in [-0.05, 0) is 11.6 Å². The third-order valence-electron chi connectivity index (χ3n) is 4.72. The van der Waals surface area contributed by atoms with Gasteiger partial charge in [0.2, 0.25) is 5.95 Å². The van der Waals surface area contributed by atoms with Crippen molar-refractivity contribution in [3.8, 4) is 0 Å². The highest BCUT2D eigenvalue weighted by Crippen LogP contribution is 2.39. The lowest BCUT2D eigenvalue weighted by Gasteiger charge is -2.35. The fraction of sp³-hybridized carbons (Fsp3) is 0.294. The van der Waals surface area contributed by atoms with E-state index >= 15 is 0 Å². The zero-order valence-corrected chi connectivity index (χ0v) is 13.5. The third-order valence-corrected chi connectivity index (χ3v) is 4.72. The zero-order chi connectivity index (χ0) is 17.9. The van der Waals surface area contributed by atoms with E-state index in [0.29, 0.717) is 17.9 Å². The second-order valence-electron chi connectivity index (χ2n) is 6.59. The van der Waals surface area contributed by atoms with E-state index in [1.165, 1.54) is 16.9 Å². The molecule has 0 saturated heterocycles. The van der Waals surface area contributed by atoms with Gasteiger partial charge in [-0.15, -0.1) is 0 Å². The molecule has 0 aliphatic heterocycles. The number of alkyl halides is 2. The monoisotopic (exact) mass is 360 g/mol. The molecule has 1 N–H and O–H groups in total. The van der Waals surface area contributed by atoms with E-state index in [-0.39, 0.29) is 26.0 Å². The molecule has 26 heavy (non-hydrogen) atoms. The van der Waals surface area contributed by atoms with Crippen LogP contribution in [0.1, 0.15) is 31.1 Å². The molecule has 0 amide bonds. The first-order valence-corrected chi connectivity index (χ1v) is 8.19. The van der Waals surface area contributed by atoms with E-state index in [9.17, 15) is 13.2 Å². The van der Waals surface area contributed by atoms with Gasteiger partial charge in [0.25, 0.3) is 5.92 Å². The maximum atomic E-state index is 14.2. The van der Waals surface area contributed by atoms with E-state index < -0.39 is 11.7 Å². The minimum Gasteiger partial charge on any atom is -0.351 e. The third kappa shape index (κ3) is 2.42. The molecule has 3 heterocycles. The van der Waals surface area contributed by atoms with Crippen LogP contribution in [0.4, 0.5) is 19.1 Å². The van der Waals surface area contributed by atoms with Crippen LogP contribution in [0.5, 0.6) is 0 Å². The second kappa shape index (κ2) is 5.26. The molecule has 2 aliphatic rings. The number of nitrogens with one attached hydrogen (secondary N) is 1. The minimum atomic E-state index is -2.59. The fourth-order valence-corrected chi connectivity index (χ4v) is 3.43. The number of allylic oxidation sites excluding steroid dienone is 1. The van der Waals surface area contributed by atoms with Crippen LogP contribution in [0.3, 0.4) is 0 Å². The summed E-state index contributed by atoms with van der Waals surface area (Å²) >= 11 is 0. The number of nitrogens with zero attached hydrogens (tertiary/aromatic N) is 5. The first kappa shape index (κ1) is 15.3. The molecule has 2 aliphatic carbocycles. The second-order valence-corrected chi connectivity index (χ2v) is 6.59. The molecule has 134 valence electrons. The molecular formula is C17H15F3N6. The van der Waals surface area contributed by atoms with Crippen molar-refractivity contribution in [1.82, 2.24) is 24.6 Å². The Morgan fingerprint density at radius 2 is 2.12 bits per heavy atom. The van der Waals surface area contributed by atoms with E-state index in [4.69, 9.17) is 0 Å². The van der Waals surface area contributed by atoms with E-state index in [0.717, 1.165) is 16.8 Å². The highest BCUT2D eigenvalue weighted by atomic mass is 19.3. The Bertz CT molecular complexity index is 1060. The van der Waals surface area contributed by atoms with Gasteiger partial charge in [-0.1, -0.05) is 6.08 Å². The number of hydrogen-bond acceptors (Lipinski definition) is 5. The zero-order valence-electron chi connectivity index (χ0n) is 13.5. The van der Waals surface area contributed by atoms with Gasteiger partial charge in [-0.3, -0.25) is 0 Å². The summed E-state index contributed by atoms with van der Waals surface area (Å²) in [6.45, 7) is 0. The van der Waals surface area contributed by atoms with Crippen LogP contribution in [-0.2, 0) is 6.42 Å². The number of fused-ring (bicyclic) bond motifs is 2. The average Bonchev–Trinajstić information content (AvgIpc) is 3.19. The predicted octanol–water partition coefficient (Wildman–Crippen LogP) is 3.10. The molecular weight excluding hydrogens is 345 g/mol. The first-order valence-electron chi connectivity index (χ1n) is 8.19. The standard InChI is InChI=1S/C17H13F3N6.H2/c18-13-3-9(7-26-15(13)22-8-23-26)11-1-2-14-12(11)6-21-16(25-14)24-10-4-17(19,20)5-10;/h1,3,6-8,10H,2,4-5H2,(H,21,24,25);1H. The van der Waals surface area contributed by atoms with E-state index in [2.05, 4.69) is 25.4 Å². The maximum Gasteiger partial charge on any atom is 0.252 e. The van der Waals surface area contributed by atoms with Crippen molar-refractivity contribution >= 4 is 17.2 Å². The van der Waals surface area contributed by atoms with Crippen molar-refractivity contribution in [2.75, 3.05) is 5.32 Å². The topological polar surface area (TPSA) is 68.0 Å². The molecule has 0 bridgehead atoms. The van der Waals surface area contributed by atoms with Crippen molar-refractivity contribution in [1.29, 1.82) is 0 Å². The Balaban J connectivity index is 0.00000180. The van der Waals surface area contributed by atoms with Crippen molar-refractivity contribution in [3.63, 3.8) is 0 Å². The lowest BCUT2D eigenvalue weighted by molar-refractivity contribution is -0.0794. The molecule has 3 aromatic rings. The quantitative estimate of drug-likeness (QED) is 0.777. The van der Waals surface area contributed by atoms with Crippen LogP contribution in [0.25, 0.3) is 11.2 Å². The smallest absolute Gasteiger partial charge is 0.252 e. The molecule has 0 spiro atoms. The highest BCUT2D eigenvalue weighted by Gasteiger charge is 2.45. The number of pyridine rings is 1. The molecule has 3 aromatic heterocycles. The fourth-order valence-electron chi connectivity index (χ4n) is 3.43. The summed E-state index contributed by atoms with van der Waals surface area (Å²) in [7, 11) is 0. The summed E-state index contributed by atoms with van der Waals surface area (Å²) in [5.74, 6) is -2.70. The van der Waals surface area contributed by atoms with Gasteiger partial charge >= 0.3 is 0 Å². The van der Waals surface area contributed by atoms with Gasteiger partial charge in [0.05, 0.1) is 5.69 Å². The number of rotatable bonds is 3. The molecule has 5 rings (SSSR count). The normalized spacial score (nSPS) is 18.5. The molecule has 1 saturated carbocycles. The summed E-state index contributed by atoms with van der Waals surface area (Å²) in [6, 6.07) is 1.11. The van der Waals surface area contributed by atoms with Crippen LogP contribution in [-0.4, -0.2) is 36.5 Å². The van der Waals surface area contributed by atoms with Crippen LogP contribution in [0.2, 0.25) is 0 Å². The van der Waals surface area contributed by atoms with Crippen LogP contribution >= 0.6 is 0 Å². The molecule has 0 radical (unpaired) electrons. The summed E-state index contributed by atoms with van der Waals surface area (Å²) in [5.41, 5.74) is 3.22. The van der Waals surface area contributed by atoms with Gasteiger partial charge in [-0.25, -0.2) is 32.6 Å². The molecule has 0 aromatic carbocycles. The van der Waals surface area contributed by atoms with Gasteiger partial charge in [0, 0.05) is 50.3 Å². The average molecular weight is 360 g/mol. The summed E-state index contributed by atoms with van der Waals surface area (Å²) < 4.78 is 41.4. The Hall–Kier alpha value is -2.97. The largest absolute Gasteiger partial charge is 0.351 e. The maximum absolute atomic E-state index is 14.2. The molecule has 0 atom stereocenters. The van der Waals surface area contributed by atoms with Gasteiger partial charge in [0.1, 0.15) is 6.33 Å².